The van der Waals surface area contributed by atoms with Crippen LogP contribution < -0.4 is 9.80 Å². The maximum atomic E-state index is 13.7. The first kappa shape index (κ1) is 42.8. The van der Waals surface area contributed by atoms with Gasteiger partial charge in [-0.1, -0.05) is 60.7 Å². The Bertz CT molecular complexity index is 2980. The molecule has 0 radical (unpaired) electrons. The molecule has 3 atom stereocenters. The lowest BCUT2D eigenvalue weighted by atomic mass is 9.69. The molecule has 1 aliphatic carbocycles. The van der Waals surface area contributed by atoms with Gasteiger partial charge in [0.05, 0.1) is 24.2 Å². The summed E-state index contributed by atoms with van der Waals surface area (Å²) in [4.78, 5) is 34.3. The second-order valence-electron chi connectivity index (χ2n) is 19.6. The summed E-state index contributed by atoms with van der Waals surface area (Å²) in [5.74, 6) is 4.18. The van der Waals surface area contributed by atoms with Crippen molar-refractivity contribution in [3.8, 4) is 10.8 Å². The minimum absolute atomic E-state index is 0.0502. The third-order valence-corrected chi connectivity index (χ3v) is 16.6. The number of hydrogen-bond donors (Lipinski definition) is 1. The summed E-state index contributed by atoms with van der Waals surface area (Å²) in [6.07, 6.45) is 5.79. The van der Waals surface area contributed by atoms with Gasteiger partial charge in [-0.05, 0) is 104 Å². The minimum atomic E-state index is -0.294. The van der Waals surface area contributed by atoms with Gasteiger partial charge < -0.3 is 24.2 Å². The van der Waals surface area contributed by atoms with E-state index in [1.807, 2.05) is 19.1 Å². The molecule has 3 aromatic heterocycles. The Morgan fingerprint density at radius 1 is 0.824 bits per heavy atom. The summed E-state index contributed by atoms with van der Waals surface area (Å²) in [6, 6.07) is 34.4. The predicted octanol–water partition coefficient (Wildman–Crippen LogP) is 8.66. The SMILES string of the molecule is Cc1sc2c(c1C)C(c1ccc(N3CC(CN4CCN(C(=O)C5CN(c6ccc([C@@H]7c8ccc(O)cc8CC[C@@H]7c7ccccc7)cc6)C5)CC4)C3)cc1)=N[C@@H](Cc1ncco1)c1nnc(C)n1-2. The summed E-state index contributed by atoms with van der Waals surface area (Å²) >= 11 is 1.77. The number of amides is 1. The van der Waals surface area contributed by atoms with Crippen molar-refractivity contribution in [2.75, 3.05) is 68.7 Å². The van der Waals surface area contributed by atoms with Gasteiger partial charge in [0.15, 0.2) is 11.7 Å². The van der Waals surface area contributed by atoms with Crippen LogP contribution in [-0.2, 0) is 17.6 Å². The maximum absolute atomic E-state index is 13.7. The highest BCUT2D eigenvalue weighted by molar-refractivity contribution is 7.15. The van der Waals surface area contributed by atoms with Crippen LogP contribution in [0.5, 0.6) is 5.75 Å². The Hall–Kier alpha value is -6.57. The molecule has 0 saturated carbocycles. The van der Waals surface area contributed by atoms with E-state index in [1.54, 1.807) is 23.8 Å². The van der Waals surface area contributed by atoms with E-state index in [9.17, 15) is 9.90 Å². The number of fused-ring (bicyclic) bond motifs is 4. The van der Waals surface area contributed by atoms with Gasteiger partial charge in [-0.15, -0.1) is 21.5 Å². The molecule has 1 N–H and O–H groups in total. The number of phenolic OH excluding ortho intramolecular Hbond substituents is 1. The van der Waals surface area contributed by atoms with Crippen LogP contribution in [0.3, 0.4) is 0 Å². The molecule has 12 nitrogen and oxygen atoms in total. The number of aliphatic imine (C=N–C) groups is 1. The van der Waals surface area contributed by atoms with Crippen LogP contribution in [0.25, 0.3) is 5.00 Å². The number of piperazine rings is 1. The molecule has 346 valence electrons. The third kappa shape index (κ3) is 7.79. The molecule has 68 heavy (non-hydrogen) atoms. The molecular formula is C55H57N9O3S. The lowest BCUT2D eigenvalue weighted by Crippen LogP contribution is -2.59. The highest BCUT2D eigenvalue weighted by Crippen LogP contribution is 2.47. The third-order valence-electron chi connectivity index (χ3n) is 15.4. The number of benzene rings is 4. The monoisotopic (exact) mass is 923 g/mol. The first-order valence-corrected chi connectivity index (χ1v) is 25.1. The second kappa shape index (κ2) is 17.5. The Kier molecular flexibility index (Phi) is 11.0. The van der Waals surface area contributed by atoms with Gasteiger partial charge in [-0.2, -0.15) is 0 Å². The van der Waals surface area contributed by atoms with Gasteiger partial charge >= 0.3 is 0 Å². The normalized spacial score (nSPS) is 20.8. The van der Waals surface area contributed by atoms with Crippen LogP contribution in [0.1, 0.15) is 85.7 Å². The van der Waals surface area contributed by atoms with Crippen molar-refractivity contribution < 1.29 is 14.3 Å². The largest absolute Gasteiger partial charge is 0.508 e. The Morgan fingerprint density at radius 2 is 1.56 bits per heavy atom. The van der Waals surface area contributed by atoms with E-state index < -0.39 is 0 Å². The van der Waals surface area contributed by atoms with Crippen LogP contribution in [0.4, 0.5) is 11.4 Å². The molecule has 7 aromatic rings. The molecule has 4 aromatic carbocycles. The first-order chi connectivity index (χ1) is 33.2. The van der Waals surface area contributed by atoms with Crippen molar-refractivity contribution in [1.82, 2.24) is 29.5 Å². The number of aromatic hydroxyl groups is 1. The summed E-state index contributed by atoms with van der Waals surface area (Å²) in [5, 5.41) is 20.5. The van der Waals surface area contributed by atoms with E-state index in [-0.39, 0.29) is 17.9 Å². The number of aryl methyl sites for hydroxylation is 3. The lowest BCUT2D eigenvalue weighted by Gasteiger charge is -2.46. The van der Waals surface area contributed by atoms with E-state index in [2.05, 4.69) is 138 Å². The summed E-state index contributed by atoms with van der Waals surface area (Å²) in [5.41, 5.74) is 12.1. The Morgan fingerprint density at radius 3 is 2.29 bits per heavy atom. The van der Waals surface area contributed by atoms with Gasteiger partial charge in [0.2, 0.25) is 5.91 Å². The lowest BCUT2D eigenvalue weighted by molar-refractivity contribution is -0.138. The molecule has 3 fully saturated rings. The number of thiophene rings is 1. The standard InChI is InChI=1S/C55H57N9O3S/c1-34-35(2)68-55-50(34)52(57-48(28-49-56-21-26-67-49)53-59-58-36(3)64(53)55)40-11-16-43(17-12-40)62-30-37(31-62)29-60-22-24-61(25-23-60)54(66)42-32-63(33-42)44-14-9-39(10-15-44)51-46(38-7-5-4-6-8-38)19-13-41-27-45(65)18-20-47(41)51/h4-12,14-18,20-21,26-27,37,42,46,48,51,65H,13,19,22-25,28-33H2,1-3H3/t46-,48+,51+/m1/s1. The highest BCUT2D eigenvalue weighted by Gasteiger charge is 2.39. The zero-order chi connectivity index (χ0) is 46.0. The zero-order valence-corrected chi connectivity index (χ0v) is 39.8. The molecule has 12 rings (SSSR count). The number of hydrogen-bond acceptors (Lipinski definition) is 11. The van der Waals surface area contributed by atoms with Crippen LogP contribution >= 0.6 is 11.3 Å². The van der Waals surface area contributed by atoms with Crippen LogP contribution in [0.15, 0.2) is 119 Å². The van der Waals surface area contributed by atoms with E-state index >= 15 is 0 Å². The minimum Gasteiger partial charge on any atom is -0.508 e. The van der Waals surface area contributed by atoms with E-state index in [0.717, 1.165) is 105 Å². The van der Waals surface area contributed by atoms with Crippen molar-refractivity contribution in [3.05, 3.63) is 171 Å². The number of phenols is 1. The summed E-state index contributed by atoms with van der Waals surface area (Å²) in [6.45, 7) is 14.5. The topological polar surface area (TPSA) is 119 Å². The maximum Gasteiger partial charge on any atom is 0.229 e. The predicted molar refractivity (Wildman–Crippen MR) is 267 cm³/mol. The molecule has 0 bridgehead atoms. The van der Waals surface area contributed by atoms with E-state index in [1.165, 1.54) is 44.1 Å². The van der Waals surface area contributed by atoms with E-state index in [4.69, 9.17) is 9.41 Å². The number of aromatic nitrogens is 4. The Labute approximate surface area is 401 Å². The van der Waals surface area contributed by atoms with Crippen LogP contribution in [0.2, 0.25) is 0 Å². The average Bonchev–Trinajstić information content (AvgIpc) is 4.05. The Balaban J connectivity index is 0.635. The molecule has 3 saturated heterocycles. The molecule has 1 amide bonds. The smallest absolute Gasteiger partial charge is 0.229 e. The van der Waals surface area contributed by atoms with Gasteiger partial charge in [-0.25, -0.2) is 4.98 Å². The highest BCUT2D eigenvalue weighted by atomic mass is 32.1. The second-order valence-corrected chi connectivity index (χ2v) is 20.8. The first-order valence-electron chi connectivity index (χ1n) is 24.3. The number of nitrogens with zero attached hydrogens (tertiary/aromatic N) is 9. The van der Waals surface area contributed by atoms with Crippen molar-refractivity contribution in [1.29, 1.82) is 0 Å². The quantitative estimate of drug-likeness (QED) is 0.144. The van der Waals surface area contributed by atoms with Crippen LogP contribution in [0, 0.1) is 32.6 Å². The van der Waals surface area contributed by atoms with Gasteiger partial charge in [0.1, 0.15) is 28.9 Å². The molecule has 0 unspecified atom stereocenters. The van der Waals surface area contributed by atoms with Gasteiger partial charge in [-0.3, -0.25) is 19.3 Å². The molecule has 7 heterocycles. The molecule has 5 aliphatic rings. The summed E-state index contributed by atoms with van der Waals surface area (Å²) < 4.78 is 7.85. The van der Waals surface area contributed by atoms with Gasteiger partial charge in [0, 0.05) is 98.1 Å². The molecule has 13 heteroatoms. The van der Waals surface area contributed by atoms with Crippen molar-refractivity contribution in [3.63, 3.8) is 0 Å². The average molecular weight is 924 g/mol. The van der Waals surface area contributed by atoms with Crippen LogP contribution in [-0.4, -0.2) is 105 Å². The van der Waals surface area contributed by atoms with Crippen molar-refractivity contribution >= 4 is 34.3 Å². The number of carbonyl (C=O) groups excluding carboxylic acids is 1. The molecule has 0 spiro atoms. The van der Waals surface area contributed by atoms with E-state index in [0.29, 0.717) is 35.8 Å². The molecule has 4 aliphatic heterocycles. The fraction of sp³-hybridized carbons (Fsp3) is 0.364. The van der Waals surface area contributed by atoms with Crippen molar-refractivity contribution in [2.24, 2.45) is 16.8 Å². The van der Waals surface area contributed by atoms with Crippen molar-refractivity contribution in [2.45, 2.75) is 57.9 Å². The number of anilines is 2. The molecular weight excluding hydrogens is 867 g/mol. The summed E-state index contributed by atoms with van der Waals surface area (Å²) in [7, 11) is 0. The fourth-order valence-corrected chi connectivity index (χ4v) is 12.8. The number of carbonyl (C=O) groups is 1. The number of oxazole rings is 1. The fourth-order valence-electron chi connectivity index (χ4n) is 11.6. The van der Waals surface area contributed by atoms with Gasteiger partial charge in [0.25, 0.3) is 0 Å². The number of rotatable bonds is 10. The zero-order valence-electron chi connectivity index (χ0n) is 39.0.